The minimum Gasteiger partial charge on any atom is -0.344 e. The van der Waals surface area contributed by atoms with Crippen molar-refractivity contribution in [2.24, 2.45) is 5.73 Å². The van der Waals surface area contributed by atoms with E-state index in [9.17, 15) is 4.79 Å². The lowest BCUT2D eigenvalue weighted by Gasteiger charge is -2.35. The van der Waals surface area contributed by atoms with Crippen molar-refractivity contribution in [3.63, 3.8) is 0 Å². The number of nitrogens with one attached hydrogen (secondary N) is 1. The van der Waals surface area contributed by atoms with Crippen molar-refractivity contribution in [2.45, 2.75) is 56.7 Å². The van der Waals surface area contributed by atoms with Crippen LogP contribution in [0.4, 0.5) is 0 Å². The summed E-state index contributed by atoms with van der Waals surface area (Å²) in [5.74, 6) is 0.276. The van der Waals surface area contributed by atoms with Crippen molar-refractivity contribution in [2.75, 3.05) is 13.6 Å². The molecular weight excluding hydrogens is 202 g/mol. The Hall–Kier alpha value is -0.610. The van der Waals surface area contributed by atoms with Gasteiger partial charge in [-0.1, -0.05) is 6.42 Å². The summed E-state index contributed by atoms with van der Waals surface area (Å²) < 4.78 is 0. The number of hydrogen-bond acceptors (Lipinski definition) is 3. The number of piperidine rings is 1. The van der Waals surface area contributed by atoms with Gasteiger partial charge in [0.1, 0.15) is 0 Å². The molecule has 1 heterocycles. The van der Waals surface area contributed by atoms with Crippen LogP contribution in [0, 0.1) is 0 Å². The van der Waals surface area contributed by atoms with Gasteiger partial charge in [-0.2, -0.15) is 0 Å². The predicted octanol–water partition coefficient (Wildman–Crippen LogP) is 0.467. The second-order valence-electron chi connectivity index (χ2n) is 5.30. The third-order valence-corrected chi connectivity index (χ3v) is 3.81. The molecule has 0 aromatic heterocycles. The van der Waals surface area contributed by atoms with Crippen LogP contribution in [0.3, 0.4) is 0 Å². The van der Waals surface area contributed by atoms with E-state index in [1.54, 1.807) is 0 Å². The van der Waals surface area contributed by atoms with Crippen LogP contribution < -0.4 is 11.1 Å². The van der Waals surface area contributed by atoms with Gasteiger partial charge < -0.3 is 16.0 Å². The molecule has 3 atom stereocenters. The first-order valence-electron chi connectivity index (χ1n) is 6.40. The molecule has 1 saturated heterocycles. The smallest absolute Gasteiger partial charge is 0.222 e. The van der Waals surface area contributed by atoms with Crippen LogP contribution in [0.2, 0.25) is 0 Å². The summed E-state index contributed by atoms with van der Waals surface area (Å²) in [5.41, 5.74) is 5.98. The van der Waals surface area contributed by atoms with Crippen molar-refractivity contribution >= 4 is 5.91 Å². The molecule has 3 unspecified atom stereocenters. The van der Waals surface area contributed by atoms with E-state index < -0.39 is 0 Å². The third-order valence-electron chi connectivity index (χ3n) is 3.81. The topological polar surface area (TPSA) is 58.4 Å². The van der Waals surface area contributed by atoms with E-state index in [2.05, 4.69) is 5.32 Å². The molecule has 0 bridgehead atoms. The molecule has 1 aliphatic carbocycles. The van der Waals surface area contributed by atoms with E-state index in [4.69, 9.17) is 5.73 Å². The molecule has 16 heavy (non-hydrogen) atoms. The largest absolute Gasteiger partial charge is 0.344 e. The van der Waals surface area contributed by atoms with Crippen molar-refractivity contribution in [3.05, 3.63) is 0 Å². The Balaban J connectivity index is 1.78. The molecule has 0 spiro atoms. The van der Waals surface area contributed by atoms with Crippen LogP contribution in [0.1, 0.15) is 38.5 Å². The van der Waals surface area contributed by atoms with Crippen LogP contribution in [0.5, 0.6) is 0 Å². The molecule has 0 radical (unpaired) electrons. The number of nitrogens with two attached hydrogens (primary N) is 1. The molecule has 3 N–H and O–H groups in total. The second kappa shape index (κ2) is 5.15. The molecule has 2 rings (SSSR count). The summed E-state index contributed by atoms with van der Waals surface area (Å²) in [4.78, 5) is 13.2. The summed E-state index contributed by atoms with van der Waals surface area (Å²) in [5, 5.41) is 3.67. The van der Waals surface area contributed by atoms with Gasteiger partial charge >= 0.3 is 0 Å². The Bertz CT molecular complexity index is 257. The highest BCUT2D eigenvalue weighted by atomic mass is 16.2. The Morgan fingerprint density at radius 1 is 1.31 bits per heavy atom. The first kappa shape index (κ1) is 11.9. The third kappa shape index (κ3) is 2.95. The zero-order valence-electron chi connectivity index (χ0n) is 10.1. The number of hydrogen-bond donors (Lipinski definition) is 2. The van der Waals surface area contributed by atoms with Crippen molar-refractivity contribution in [1.82, 2.24) is 10.2 Å². The van der Waals surface area contributed by atoms with Crippen LogP contribution in [-0.4, -0.2) is 42.5 Å². The minimum atomic E-state index is 0.276. The number of carbonyl (C=O) groups is 1. The second-order valence-corrected chi connectivity index (χ2v) is 5.30. The molecule has 0 aromatic rings. The maximum absolute atomic E-state index is 11.4. The maximum atomic E-state index is 11.4. The quantitative estimate of drug-likeness (QED) is 0.718. The average Bonchev–Trinajstić information content (AvgIpc) is 2.24. The van der Waals surface area contributed by atoms with Crippen LogP contribution in [0.25, 0.3) is 0 Å². The molecule has 2 fully saturated rings. The van der Waals surface area contributed by atoms with Gasteiger partial charge in [0.05, 0.1) is 0 Å². The highest BCUT2D eigenvalue weighted by Gasteiger charge is 2.26. The van der Waals surface area contributed by atoms with E-state index in [-0.39, 0.29) is 5.91 Å². The zero-order chi connectivity index (χ0) is 11.5. The zero-order valence-corrected chi connectivity index (χ0v) is 10.1. The minimum absolute atomic E-state index is 0.276. The molecule has 1 saturated carbocycles. The number of likely N-dealkylation sites (N-methyl/N-ethyl adjacent to an activating group) is 1. The molecule has 2 aliphatic rings. The predicted molar refractivity (Wildman–Crippen MR) is 64.0 cm³/mol. The van der Waals surface area contributed by atoms with E-state index in [1.165, 1.54) is 19.3 Å². The summed E-state index contributed by atoms with van der Waals surface area (Å²) in [6.07, 6.45) is 6.40. The Morgan fingerprint density at radius 2 is 2.12 bits per heavy atom. The number of likely N-dealkylation sites (tertiary alicyclic amines) is 1. The lowest BCUT2D eigenvalue weighted by molar-refractivity contribution is -0.132. The first-order chi connectivity index (χ1) is 7.65. The fourth-order valence-corrected chi connectivity index (χ4v) is 2.86. The van der Waals surface area contributed by atoms with Gasteiger partial charge in [-0.15, -0.1) is 0 Å². The molecule has 1 aliphatic heterocycles. The lowest BCUT2D eigenvalue weighted by Crippen LogP contribution is -2.51. The van der Waals surface area contributed by atoms with E-state index in [1.807, 2.05) is 11.9 Å². The number of rotatable bonds is 2. The van der Waals surface area contributed by atoms with Crippen LogP contribution in [0.15, 0.2) is 0 Å². The van der Waals surface area contributed by atoms with E-state index >= 15 is 0 Å². The Morgan fingerprint density at radius 3 is 2.81 bits per heavy atom. The van der Waals surface area contributed by atoms with Crippen molar-refractivity contribution in [1.29, 1.82) is 0 Å². The van der Waals surface area contributed by atoms with Crippen LogP contribution >= 0.6 is 0 Å². The van der Waals surface area contributed by atoms with Gasteiger partial charge in [0, 0.05) is 38.1 Å². The molecule has 0 aromatic carbocycles. The monoisotopic (exact) mass is 225 g/mol. The van der Waals surface area contributed by atoms with Gasteiger partial charge in [0.25, 0.3) is 0 Å². The standard InChI is InChI=1S/C12H23N3O/c1-15-8-11(5-6-12(15)16)14-10-4-2-3-9(13)7-10/h9-11,14H,2-8,13H2,1H3. The summed E-state index contributed by atoms with van der Waals surface area (Å²) in [6, 6.07) is 1.41. The first-order valence-corrected chi connectivity index (χ1v) is 6.40. The Kier molecular flexibility index (Phi) is 3.82. The summed E-state index contributed by atoms with van der Waals surface area (Å²) in [7, 11) is 1.89. The van der Waals surface area contributed by atoms with Gasteiger partial charge in [0.2, 0.25) is 5.91 Å². The van der Waals surface area contributed by atoms with E-state index in [0.717, 1.165) is 19.4 Å². The van der Waals surface area contributed by atoms with Gasteiger partial charge in [0.15, 0.2) is 0 Å². The molecular formula is C12H23N3O. The normalized spacial score (nSPS) is 36.5. The number of nitrogens with zero attached hydrogens (tertiary/aromatic N) is 1. The van der Waals surface area contributed by atoms with Gasteiger partial charge in [-0.3, -0.25) is 4.79 Å². The van der Waals surface area contributed by atoms with Crippen LogP contribution in [-0.2, 0) is 4.79 Å². The average molecular weight is 225 g/mol. The van der Waals surface area contributed by atoms with E-state index in [0.29, 0.717) is 24.5 Å². The number of amides is 1. The highest BCUT2D eigenvalue weighted by molar-refractivity contribution is 5.76. The number of carbonyl (C=O) groups excluding carboxylic acids is 1. The SMILES string of the molecule is CN1CC(NC2CCCC(N)C2)CCC1=O. The fourth-order valence-electron chi connectivity index (χ4n) is 2.86. The molecule has 92 valence electrons. The molecule has 4 heteroatoms. The maximum Gasteiger partial charge on any atom is 0.222 e. The highest BCUT2D eigenvalue weighted by Crippen LogP contribution is 2.19. The van der Waals surface area contributed by atoms with Gasteiger partial charge in [-0.05, 0) is 25.7 Å². The van der Waals surface area contributed by atoms with Crippen molar-refractivity contribution < 1.29 is 4.79 Å². The summed E-state index contributed by atoms with van der Waals surface area (Å²) in [6.45, 7) is 0.852. The fraction of sp³-hybridized carbons (Fsp3) is 0.917. The molecule has 1 amide bonds. The molecule has 4 nitrogen and oxygen atoms in total. The lowest BCUT2D eigenvalue weighted by atomic mass is 9.90. The van der Waals surface area contributed by atoms with Crippen molar-refractivity contribution in [3.8, 4) is 0 Å². The summed E-state index contributed by atoms with van der Waals surface area (Å²) >= 11 is 0. The Labute approximate surface area is 97.6 Å². The van der Waals surface area contributed by atoms with Gasteiger partial charge in [-0.25, -0.2) is 0 Å².